The van der Waals surface area contributed by atoms with Gasteiger partial charge in [-0.2, -0.15) is 0 Å². The van der Waals surface area contributed by atoms with Crippen LogP contribution in [0.2, 0.25) is 5.02 Å². The summed E-state index contributed by atoms with van der Waals surface area (Å²) >= 11 is 12.5. The van der Waals surface area contributed by atoms with E-state index >= 15 is 0 Å². The molecule has 3 aromatic rings. The van der Waals surface area contributed by atoms with Crippen LogP contribution in [0.25, 0.3) is 0 Å². The molecule has 4 nitrogen and oxygen atoms in total. The van der Waals surface area contributed by atoms with Crippen molar-refractivity contribution in [3.8, 4) is 17.2 Å². The average Bonchev–Trinajstić information content (AvgIpc) is 2.79. The molecule has 0 bridgehead atoms. The van der Waals surface area contributed by atoms with Gasteiger partial charge in [0.1, 0.15) is 23.1 Å². The highest BCUT2D eigenvalue weighted by Crippen LogP contribution is 2.37. The van der Waals surface area contributed by atoms with Crippen molar-refractivity contribution in [3.05, 3.63) is 88.2 Å². The Balaban J connectivity index is 1.39. The van der Waals surface area contributed by atoms with Crippen LogP contribution >= 0.6 is 23.4 Å². The second-order valence-corrected chi connectivity index (χ2v) is 8.02. The Morgan fingerprint density at radius 1 is 1.13 bits per heavy atom. The molecule has 1 heterocycles. The Kier molecular flexibility index (Phi) is 6.64. The summed E-state index contributed by atoms with van der Waals surface area (Å²) in [6.07, 6.45) is 2.22. The lowest BCUT2D eigenvalue weighted by molar-refractivity contribution is 0.0864. The number of carbonyl (C=O) groups excluding carboxylic acids is 1. The van der Waals surface area contributed by atoms with Crippen LogP contribution in [-0.2, 0) is 12.8 Å². The number of amides is 1. The van der Waals surface area contributed by atoms with Crippen LogP contribution in [0.1, 0.15) is 27.9 Å². The van der Waals surface area contributed by atoms with Gasteiger partial charge in [-0.1, -0.05) is 29.8 Å². The highest BCUT2D eigenvalue weighted by molar-refractivity contribution is 6.32. The molecule has 4 rings (SSSR count). The maximum Gasteiger partial charge on any atom is 0.268 e. The highest BCUT2D eigenvalue weighted by Gasteiger charge is 2.17. The van der Waals surface area contributed by atoms with Crippen molar-refractivity contribution < 1.29 is 18.7 Å². The third-order valence-electron chi connectivity index (χ3n) is 5.05. The molecule has 0 saturated carbocycles. The number of halogens is 3. The zero-order valence-corrected chi connectivity index (χ0v) is 18.1. The number of ether oxygens (including phenoxy) is 2. The van der Waals surface area contributed by atoms with E-state index in [2.05, 4.69) is 0 Å². The number of rotatable bonds is 6. The lowest BCUT2D eigenvalue weighted by Gasteiger charge is -2.19. The van der Waals surface area contributed by atoms with Crippen LogP contribution in [0.3, 0.4) is 0 Å². The van der Waals surface area contributed by atoms with E-state index in [1.165, 1.54) is 6.07 Å². The summed E-state index contributed by atoms with van der Waals surface area (Å²) in [5.74, 6) is 1.12. The van der Waals surface area contributed by atoms with E-state index in [4.69, 9.17) is 32.9 Å². The van der Waals surface area contributed by atoms with E-state index < -0.39 is 0 Å². The molecule has 7 heteroatoms. The van der Waals surface area contributed by atoms with Gasteiger partial charge in [-0.05, 0) is 66.8 Å². The van der Waals surface area contributed by atoms with E-state index in [-0.39, 0.29) is 18.3 Å². The Hall–Kier alpha value is -2.76. The number of hydrogen-bond donors (Lipinski definition) is 0. The molecule has 0 unspecified atom stereocenters. The molecule has 0 N–H and O–H groups in total. The van der Waals surface area contributed by atoms with Crippen LogP contribution in [0.5, 0.6) is 17.2 Å². The van der Waals surface area contributed by atoms with E-state index in [0.717, 1.165) is 28.6 Å². The first-order chi connectivity index (χ1) is 15.0. The van der Waals surface area contributed by atoms with Crippen molar-refractivity contribution in [3.63, 3.8) is 0 Å². The van der Waals surface area contributed by atoms with E-state index in [1.54, 1.807) is 48.5 Å². The largest absolute Gasteiger partial charge is 0.493 e. The molecule has 1 aliphatic heterocycles. The van der Waals surface area contributed by atoms with Crippen molar-refractivity contribution >= 4 is 29.3 Å². The fourth-order valence-electron chi connectivity index (χ4n) is 3.38. The fourth-order valence-corrected chi connectivity index (χ4v) is 3.79. The van der Waals surface area contributed by atoms with Crippen molar-refractivity contribution in [2.45, 2.75) is 19.3 Å². The van der Waals surface area contributed by atoms with Crippen molar-refractivity contribution in [2.24, 2.45) is 0 Å². The summed E-state index contributed by atoms with van der Waals surface area (Å²) in [4.78, 5) is 12.6. The van der Waals surface area contributed by atoms with Crippen LogP contribution in [0.4, 0.5) is 4.39 Å². The van der Waals surface area contributed by atoms with Gasteiger partial charge >= 0.3 is 0 Å². The van der Waals surface area contributed by atoms with E-state index in [0.29, 0.717) is 40.7 Å². The van der Waals surface area contributed by atoms with Crippen molar-refractivity contribution in [1.29, 1.82) is 0 Å². The standard InChI is InChI=1S/C24H20Cl2FNO3/c25-20-14-18-5-3-13-30-22(18)15-23(20)31-19-9-7-17(8-10-19)24(29)28(26)12-11-16-4-1-2-6-21(16)27/h1-2,4,6-10,14-15H,3,5,11-13H2. The Labute approximate surface area is 190 Å². The van der Waals surface area contributed by atoms with Gasteiger partial charge in [-0.25, -0.2) is 4.39 Å². The maximum atomic E-state index is 13.7. The lowest BCUT2D eigenvalue weighted by atomic mass is 10.1. The second kappa shape index (κ2) is 9.58. The van der Waals surface area contributed by atoms with Gasteiger partial charge in [0.05, 0.1) is 11.6 Å². The van der Waals surface area contributed by atoms with Crippen LogP contribution in [-0.4, -0.2) is 23.5 Å². The zero-order valence-electron chi connectivity index (χ0n) is 16.6. The molecule has 160 valence electrons. The summed E-state index contributed by atoms with van der Waals surface area (Å²) in [6.45, 7) is 0.862. The molecular formula is C24H20Cl2FNO3. The summed E-state index contributed by atoms with van der Waals surface area (Å²) in [5.41, 5.74) is 1.98. The molecule has 0 saturated heterocycles. The first kappa shape index (κ1) is 21.5. The quantitative estimate of drug-likeness (QED) is 0.398. The molecule has 0 fully saturated rings. The Bertz CT molecular complexity index is 1090. The first-order valence-corrected chi connectivity index (χ1v) is 10.7. The number of nitrogens with zero attached hydrogens (tertiary/aromatic N) is 1. The number of benzene rings is 3. The van der Waals surface area contributed by atoms with Gasteiger partial charge in [0.15, 0.2) is 0 Å². The molecule has 1 amide bonds. The molecule has 0 atom stereocenters. The molecule has 0 spiro atoms. The smallest absolute Gasteiger partial charge is 0.268 e. The van der Waals surface area contributed by atoms with E-state index in [1.807, 2.05) is 6.07 Å². The lowest BCUT2D eigenvalue weighted by Crippen LogP contribution is -2.24. The van der Waals surface area contributed by atoms with Crippen LogP contribution < -0.4 is 9.47 Å². The maximum absolute atomic E-state index is 13.7. The van der Waals surface area contributed by atoms with Gasteiger partial charge in [-0.15, -0.1) is 0 Å². The number of hydrogen-bond acceptors (Lipinski definition) is 3. The molecule has 0 aliphatic carbocycles. The monoisotopic (exact) mass is 459 g/mol. The highest BCUT2D eigenvalue weighted by atomic mass is 35.5. The molecule has 3 aromatic carbocycles. The third-order valence-corrected chi connectivity index (χ3v) is 5.67. The van der Waals surface area contributed by atoms with Gasteiger partial charge < -0.3 is 9.47 Å². The topological polar surface area (TPSA) is 38.8 Å². The first-order valence-electron chi connectivity index (χ1n) is 9.95. The normalized spacial score (nSPS) is 12.6. The van der Waals surface area contributed by atoms with Crippen LogP contribution in [0, 0.1) is 5.82 Å². The predicted octanol–water partition coefficient (Wildman–Crippen LogP) is 6.44. The summed E-state index contributed by atoms with van der Waals surface area (Å²) in [7, 11) is 0. The minimum Gasteiger partial charge on any atom is -0.493 e. The minimum absolute atomic E-state index is 0.185. The van der Waals surface area contributed by atoms with E-state index in [9.17, 15) is 9.18 Å². The minimum atomic E-state index is -0.371. The van der Waals surface area contributed by atoms with Gasteiger partial charge in [0, 0.05) is 30.0 Å². The SMILES string of the molecule is O=C(c1ccc(Oc2cc3c(cc2Cl)CCCO3)cc1)N(Cl)CCc1ccccc1F. The van der Waals surface area contributed by atoms with Crippen molar-refractivity contribution in [1.82, 2.24) is 4.42 Å². The molecule has 31 heavy (non-hydrogen) atoms. The number of fused-ring (bicyclic) bond motifs is 1. The molecular weight excluding hydrogens is 440 g/mol. The van der Waals surface area contributed by atoms with Gasteiger partial charge in [0.2, 0.25) is 0 Å². The second-order valence-electron chi connectivity index (χ2n) is 7.20. The zero-order chi connectivity index (χ0) is 21.8. The number of carbonyl (C=O) groups is 1. The third kappa shape index (κ3) is 5.12. The summed E-state index contributed by atoms with van der Waals surface area (Å²) < 4.78 is 26.3. The average molecular weight is 460 g/mol. The van der Waals surface area contributed by atoms with Crippen molar-refractivity contribution in [2.75, 3.05) is 13.2 Å². The molecule has 1 aliphatic rings. The van der Waals surface area contributed by atoms with Crippen LogP contribution in [0.15, 0.2) is 60.7 Å². The number of aryl methyl sites for hydroxylation is 1. The molecule has 0 aromatic heterocycles. The fraction of sp³-hybridized carbons (Fsp3) is 0.208. The Morgan fingerprint density at radius 3 is 2.68 bits per heavy atom. The summed E-state index contributed by atoms with van der Waals surface area (Å²) in [6, 6.07) is 16.7. The summed E-state index contributed by atoms with van der Waals surface area (Å²) in [5, 5.41) is 0.504. The van der Waals surface area contributed by atoms with Gasteiger partial charge in [0.25, 0.3) is 5.91 Å². The molecule has 0 radical (unpaired) electrons. The Morgan fingerprint density at radius 2 is 1.90 bits per heavy atom. The van der Waals surface area contributed by atoms with Gasteiger partial charge in [-0.3, -0.25) is 9.21 Å². The predicted molar refractivity (Wildman–Crippen MR) is 119 cm³/mol.